The predicted molar refractivity (Wildman–Crippen MR) is 77.3 cm³/mol. The number of benzene rings is 1. The van der Waals surface area contributed by atoms with Gasteiger partial charge in [0.05, 0.1) is 6.61 Å². The monoisotopic (exact) mass is 309 g/mol. The first kappa shape index (κ1) is 12.5. The molecule has 0 aromatic heterocycles. The highest BCUT2D eigenvalue weighted by Crippen LogP contribution is 2.35. The van der Waals surface area contributed by atoms with Crippen molar-refractivity contribution in [3.05, 3.63) is 27.7 Å². The van der Waals surface area contributed by atoms with Gasteiger partial charge in [-0.3, -0.25) is 0 Å². The third-order valence-corrected chi connectivity index (χ3v) is 4.44. The highest BCUT2D eigenvalue weighted by atomic mass is 79.9. The maximum atomic E-state index is 5.82. The molecular weight excluding hydrogens is 290 g/mol. The van der Waals surface area contributed by atoms with Crippen LogP contribution in [0.25, 0.3) is 0 Å². The minimum atomic E-state index is 0.759. The van der Waals surface area contributed by atoms with Crippen LogP contribution >= 0.6 is 15.9 Å². The van der Waals surface area contributed by atoms with E-state index in [1.165, 1.54) is 47.2 Å². The Morgan fingerprint density at radius 1 is 1.33 bits per heavy atom. The van der Waals surface area contributed by atoms with Crippen LogP contribution in [0.4, 0.5) is 0 Å². The van der Waals surface area contributed by atoms with Gasteiger partial charge < -0.3 is 10.1 Å². The summed E-state index contributed by atoms with van der Waals surface area (Å²) >= 11 is 3.62. The Kier molecular flexibility index (Phi) is 3.90. The van der Waals surface area contributed by atoms with E-state index in [9.17, 15) is 0 Å². The summed E-state index contributed by atoms with van der Waals surface area (Å²) in [6.07, 6.45) is 6.23. The van der Waals surface area contributed by atoms with Crippen LogP contribution in [0.15, 0.2) is 16.6 Å². The summed E-state index contributed by atoms with van der Waals surface area (Å²) < 4.78 is 7.01. The normalized spacial score (nSPS) is 23.3. The number of halogens is 1. The van der Waals surface area contributed by atoms with Crippen LogP contribution < -0.4 is 10.1 Å². The molecule has 2 heterocycles. The Morgan fingerprint density at radius 3 is 3.22 bits per heavy atom. The smallest absolute Gasteiger partial charge is 0.125 e. The minimum absolute atomic E-state index is 0.759. The maximum absolute atomic E-state index is 5.82. The molecule has 3 heteroatoms. The Labute approximate surface area is 117 Å². The van der Waals surface area contributed by atoms with Crippen LogP contribution in [0.3, 0.4) is 0 Å². The molecule has 98 valence electrons. The van der Waals surface area contributed by atoms with Crippen molar-refractivity contribution >= 4 is 15.9 Å². The third-order valence-electron chi connectivity index (χ3n) is 3.98. The van der Waals surface area contributed by atoms with Crippen LogP contribution in [-0.4, -0.2) is 19.7 Å². The summed E-state index contributed by atoms with van der Waals surface area (Å²) in [6.45, 7) is 3.19. The van der Waals surface area contributed by atoms with E-state index in [0.717, 1.165) is 31.9 Å². The summed E-state index contributed by atoms with van der Waals surface area (Å²) in [4.78, 5) is 0. The molecule has 0 spiro atoms. The molecule has 0 bridgehead atoms. The van der Waals surface area contributed by atoms with Crippen molar-refractivity contribution < 1.29 is 4.74 Å². The Balaban J connectivity index is 1.79. The van der Waals surface area contributed by atoms with Gasteiger partial charge in [-0.15, -0.1) is 0 Å². The van der Waals surface area contributed by atoms with E-state index in [4.69, 9.17) is 4.74 Å². The lowest BCUT2D eigenvalue weighted by Gasteiger charge is -2.16. The molecule has 3 rings (SSSR count). The number of rotatable bonds is 2. The summed E-state index contributed by atoms with van der Waals surface area (Å²) in [5.74, 6) is 1.93. The fourth-order valence-electron chi connectivity index (χ4n) is 3.07. The van der Waals surface area contributed by atoms with Gasteiger partial charge in [-0.25, -0.2) is 0 Å². The Hall–Kier alpha value is -0.540. The Morgan fingerprint density at radius 2 is 2.28 bits per heavy atom. The topological polar surface area (TPSA) is 21.3 Å². The van der Waals surface area contributed by atoms with Gasteiger partial charge in [0.1, 0.15) is 5.75 Å². The first-order valence-corrected chi connectivity index (χ1v) is 7.77. The molecule has 1 aromatic carbocycles. The van der Waals surface area contributed by atoms with Crippen LogP contribution in [0, 0.1) is 5.92 Å². The van der Waals surface area contributed by atoms with Crippen LogP contribution in [0.5, 0.6) is 5.75 Å². The van der Waals surface area contributed by atoms with Gasteiger partial charge in [-0.05, 0) is 61.5 Å². The van der Waals surface area contributed by atoms with Gasteiger partial charge >= 0.3 is 0 Å². The average molecular weight is 310 g/mol. The van der Waals surface area contributed by atoms with Crippen molar-refractivity contribution in [2.45, 2.75) is 32.1 Å². The second kappa shape index (κ2) is 5.62. The van der Waals surface area contributed by atoms with Crippen molar-refractivity contribution in [1.82, 2.24) is 5.32 Å². The summed E-state index contributed by atoms with van der Waals surface area (Å²) in [5.41, 5.74) is 2.77. The zero-order chi connectivity index (χ0) is 12.4. The Bertz CT molecular complexity index is 425. The van der Waals surface area contributed by atoms with Crippen molar-refractivity contribution in [2.75, 3.05) is 19.7 Å². The van der Waals surface area contributed by atoms with E-state index in [1.807, 2.05) is 0 Å². The van der Waals surface area contributed by atoms with Crippen LogP contribution in [0.2, 0.25) is 0 Å². The number of hydrogen-bond acceptors (Lipinski definition) is 2. The fraction of sp³-hybridized carbons (Fsp3) is 0.600. The summed E-state index contributed by atoms with van der Waals surface area (Å²) in [7, 11) is 0. The first-order valence-electron chi connectivity index (χ1n) is 6.98. The molecule has 1 atom stereocenters. The number of ether oxygens (including phenoxy) is 1. The molecule has 2 nitrogen and oxygen atoms in total. The number of fused-ring (bicyclic) bond motifs is 1. The van der Waals surface area contributed by atoms with Crippen molar-refractivity contribution in [3.8, 4) is 5.75 Å². The van der Waals surface area contributed by atoms with Crippen molar-refractivity contribution in [3.63, 3.8) is 0 Å². The molecule has 0 radical (unpaired) electrons. The molecule has 1 N–H and O–H groups in total. The van der Waals surface area contributed by atoms with E-state index in [2.05, 4.69) is 33.4 Å². The molecule has 18 heavy (non-hydrogen) atoms. The SMILES string of the molecule is Brc1cc2c(c(CC3CCCCNC3)c1)OCC2. The number of hydrogen-bond donors (Lipinski definition) is 1. The van der Waals surface area contributed by atoms with Gasteiger partial charge in [-0.2, -0.15) is 0 Å². The zero-order valence-corrected chi connectivity index (χ0v) is 12.3. The lowest BCUT2D eigenvalue weighted by Crippen LogP contribution is -2.22. The average Bonchev–Trinajstić information content (AvgIpc) is 2.66. The van der Waals surface area contributed by atoms with Crippen molar-refractivity contribution in [1.29, 1.82) is 0 Å². The minimum Gasteiger partial charge on any atom is -0.493 e. The third kappa shape index (κ3) is 2.72. The molecule has 1 aromatic rings. The van der Waals surface area contributed by atoms with Gasteiger partial charge in [0, 0.05) is 10.9 Å². The zero-order valence-electron chi connectivity index (χ0n) is 10.7. The molecule has 0 saturated carbocycles. The molecule has 2 aliphatic rings. The molecule has 1 unspecified atom stereocenters. The van der Waals surface area contributed by atoms with E-state index < -0.39 is 0 Å². The predicted octanol–water partition coefficient (Wildman–Crippen LogP) is 3.32. The van der Waals surface area contributed by atoms with E-state index in [1.54, 1.807) is 0 Å². The quantitative estimate of drug-likeness (QED) is 0.905. The molecule has 2 aliphatic heterocycles. The lowest BCUT2D eigenvalue weighted by molar-refractivity contribution is 0.349. The van der Waals surface area contributed by atoms with Crippen LogP contribution in [-0.2, 0) is 12.8 Å². The number of nitrogens with one attached hydrogen (secondary N) is 1. The highest BCUT2D eigenvalue weighted by Gasteiger charge is 2.20. The van der Waals surface area contributed by atoms with Gasteiger partial charge in [0.15, 0.2) is 0 Å². The van der Waals surface area contributed by atoms with Gasteiger partial charge in [0.2, 0.25) is 0 Å². The van der Waals surface area contributed by atoms with E-state index in [0.29, 0.717) is 0 Å². The molecule has 1 saturated heterocycles. The molecule has 0 amide bonds. The van der Waals surface area contributed by atoms with Crippen LogP contribution in [0.1, 0.15) is 30.4 Å². The maximum Gasteiger partial charge on any atom is 0.125 e. The molecule has 1 fully saturated rings. The second-order valence-corrected chi connectivity index (χ2v) is 6.34. The van der Waals surface area contributed by atoms with E-state index in [-0.39, 0.29) is 0 Å². The molecule has 0 aliphatic carbocycles. The van der Waals surface area contributed by atoms with Crippen molar-refractivity contribution in [2.24, 2.45) is 5.92 Å². The second-order valence-electron chi connectivity index (χ2n) is 5.42. The molecular formula is C15H20BrNO. The summed E-state index contributed by atoms with van der Waals surface area (Å²) in [6, 6.07) is 4.45. The standard InChI is InChI=1S/C15H20BrNO/c16-14-8-12-4-6-18-15(12)13(9-14)7-11-3-1-2-5-17-10-11/h8-9,11,17H,1-7,10H2. The van der Waals surface area contributed by atoms with E-state index >= 15 is 0 Å². The summed E-state index contributed by atoms with van der Waals surface area (Å²) in [5, 5.41) is 3.55. The largest absolute Gasteiger partial charge is 0.493 e. The first-order chi connectivity index (χ1) is 8.83. The van der Waals surface area contributed by atoms with Gasteiger partial charge in [-0.1, -0.05) is 22.4 Å². The fourth-order valence-corrected chi connectivity index (χ4v) is 3.63. The lowest BCUT2D eigenvalue weighted by atomic mass is 9.93. The van der Waals surface area contributed by atoms with Gasteiger partial charge in [0.25, 0.3) is 0 Å². The highest BCUT2D eigenvalue weighted by molar-refractivity contribution is 9.10.